The van der Waals surface area contributed by atoms with Crippen LogP contribution in [-0.4, -0.2) is 57.6 Å². The van der Waals surface area contributed by atoms with Gasteiger partial charge in [0, 0.05) is 44.0 Å². The molecule has 0 spiro atoms. The summed E-state index contributed by atoms with van der Waals surface area (Å²) in [6.07, 6.45) is 8.97. The number of carbonyl (C=O) groups is 1. The van der Waals surface area contributed by atoms with E-state index in [0.29, 0.717) is 11.9 Å². The topological polar surface area (TPSA) is 56.7 Å². The van der Waals surface area contributed by atoms with E-state index in [4.69, 9.17) is 0 Å². The monoisotopic (exact) mass is 345 g/mol. The van der Waals surface area contributed by atoms with Crippen LogP contribution in [0.5, 0.6) is 0 Å². The Morgan fingerprint density at radius 3 is 2.64 bits per heavy atom. The Bertz CT molecular complexity index is 543. The minimum absolute atomic E-state index is 0.123. The standard InChI is InChI=1S/C20H31N3O2/c1-2-22(14-16-9-11-21-12-10-16)18-4-3-13-23(15-18)20(25)17-5-7-19(24)8-6-17/h9-12,17-19,24H,2-8,13-15H2,1H3. The van der Waals surface area contributed by atoms with Crippen LogP contribution in [0.1, 0.15) is 51.0 Å². The highest BCUT2D eigenvalue weighted by molar-refractivity contribution is 5.79. The van der Waals surface area contributed by atoms with Gasteiger partial charge in [0.05, 0.1) is 6.10 Å². The molecule has 1 saturated carbocycles. The number of hydrogen-bond donors (Lipinski definition) is 1. The van der Waals surface area contributed by atoms with Crippen LogP contribution in [0.2, 0.25) is 0 Å². The van der Waals surface area contributed by atoms with E-state index in [9.17, 15) is 9.90 Å². The first-order valence-corrected chi connectivity index (χ1v) is 9.77. The molecule has 2 aliphatic rings. The normalized spacial score (nSPS) is 27.5. The van der Waals surface area contributed by atoms with Crippen LogP contribution in [0.25, 0.3) is 0 Å². The zero-order chi connectivity index (χ0) is 17.6. The maximum atomic E-state index is 12.9. The van der Waals surface area contributed by atoms with Crippen molar-refractivity contribution in [3.63, 3.8) is 0 Å². The van der Waals surface area contributed by atoms with E-state index in [-0.39, 0.29) is 12.0 Å². The number of amides is 1. The van der Waals surface area contributed by atoms with Gasteiger partial charge < -0.3 is 10.0 Å². The van der Waals surface area contributed by atoms with Crippen molar-refractivity contribution in [2.45, 2.75) is 64.1 Å². The fourth-order valence-corrected chi connectivity index (χ4v) is 4.26. The van der Waals surface area contributed by atoms with Crippen molar-refractivity contribution in [3.8, 4) is 0 Å². The molecule has 1 aliphatic heterocycles. The Morgan fingerprint density at radius 2 is 1.96 bits per heavy atom. The van der Waals surface area contributed by atoms with Gasteiger partial charge in [-0.2, -0.15) is 0 Å². The predicted octanol–water partition coefficient (Wildman–Crippen LogP) is 2.45. The summed E-state index contributed by atoms with van der Waals surface area (Å²) in [5, 5.41) is 9.67. The van der Waals surface area contributed by atoms with E-state index in [1.165, 1.54) is 5.56 Å². The molecule has 1 unspecified atom stereocenters. The maximum absolute atomic E-state index is 12.9. The zero-order valence-electron chi connectivity index (χ0n) is 15.3. The van der Waals surface area contributed by atoms with Crippen molar-refractivity contribution in [1.82, 2.24) is 14.8 Å². The van der Waals surface area contributed by atoms with Gasteiger partial charge >= 0.3 is 0 Å². The maximum Gasteiger partial charge on any atom is 0.225 e. The van der Waals surface area contributed by atoms with Gasteiger partial charge in [-0.1, -0.05) is 6.92 Å². The first kappa shape index (κ1) is 18.3. The Morgan fingerprint density at radius 1 is 1.24 bits per heavy atom. The van der Waals surface area contributed by atoms with E-state index in [1.807, 2.05) is 12.4 Å². The Hall–Kier alpha value is -1.46. The molecule has 0 radical (unpaired) electrons. The largest absolute Gasteiger partial charge is 0.393 e. The van der Waals surface area contributed by atoms with Crippen LogP contribution < -0.4 is 0 Å². The lowest BCUT2D eigenvalue weighted by Crippen LogP contribution is -2.51. The predicted molar refractivity (Wildman–Crippen MR) is 97.9 cm³/mol. The quantitative estimate of drug-likeness (QED) is 0.891. The van der Waals surface area contributed by atoms with Crippen molar-refractivity contribution >= 4 is 5.91 Å². The van der Waals surface area contributed by atoms with Crippen LogP contribution in [-0.2, 0) is 11.3 Å². The Labute approximate surface area is 151 Å². The summed E-state index contributed by atoms with van der Waals surface area (Å²) in [4.78, 5) is 21.6. The summed E-state index contributed by atoms with van der Waals surface area (Å²) in [7, 11) is 0. The molecule has 1 saturated heterocycles. The van der Waals surface area contributed by atoms with Crippen molar-refractivity contribution < 1.29 is 9.90 Å². The van der Waals surface area contributed by atoms with Crippen LogP contribution >= 0.6 is 0 Å². The number of hydrogen-bond acceptors (Lipinski definition) is 4. The third-order valence-electron chi connectivity index (χ3n) is 5.81. The molecule has 2 heterocycles. The van der Waals surface area contributed by atoms with Gasteiger partial charge in [0.25, 0.3) is 0 Å². The average Bonchev–Trinajstić information content (AvgIpc) is 2.67. The smallest absolute Gasteiger partial charge is 0.225 e. The summed E-state index contributed by atoms with van der Waals surface area (Å²) >= 11 is 0. The first-order chi connectivity index (χ1) is 12.2. The lowest BCUT2D eigenvalue weighted by atomic mass is 9.86. The van der Waals surface area contributed by atoms with E-state index in [0.717, 1.165) is 64.7 Å². The molecular weight excluding hydrogens is 314 g/mol. The SMILES string of the molecule is CCN(Cc1ccncc1)C1CCCN(C(=O)C2CCC(O)CC2)C1. The lowest BCUT2D eigenvalue weighted by Gasteiger charge is -2.40. The number of likely N-dealkylation sites (tertiary alicyclic amines) is 1. The molecule has 0 aromatic carbocycles. The molecule has 5 heteroatoms. The van der Waals surface area contributed by atoms with E-state index >= 15 is 0 Å². The number of rotatable bonds is 5. The number of carbonyl (C=O) groups excluding carboxylic acids is 1. The summed E-state index contributed by atoms with van der Waals surface area (Å²) in [5.74, 6) is 0.439. The highest BCUT2D eigenvalue weighted by Gasteiger charge is 2.32. The number of pyridine rings is 1. The van der Waals surface area contributed by atoms with Gasteiger partial charge in [-0.25, -0.2) is 0 Å². The number of nitrogens with zero attached hydrogens (tertiary/aromatic N) is 3. The lowest BCUT2D eigenvalue weighted by molar-refractivity contribution is -0.139. The molecule has 25 heavy (non-hydrogen) atoms. The van der Waals surface area contributed by atoms with Crippen molar-refractivity contribution in [2.24, 2.45) is 5.92 Å². The molecule has 1 aromatic rings. The molecule has 5 nitrogen and oxygen atoms in total. The number of aliphatic hydroxyl groups is 1. The second-order valence-corrected chi connectivity index (χ2v) is 7.50. The van der Waals surface area contributed by atoms with Gasteiger partial charge in [0.2, 0.25) is 5.91 Å². The number of aliphatic hydroxyl groups excluding tert-OH is 1. The molecule has 1 atom stereocenters. The van der Waals surface area contributed by atoms with Crippen molar-refractivity contribution in [2.75, 3.05) is 19.6 Å². The fraction of sp³-hybridized carbons (Fsp3) is 0.700. The van der Waals surface area contributed by atoms with Gasteiger partial charge in [0.15, 0.2) is 0 Å². The molecule has 1 aromatic heterocycles. The summed E-state index contributed by atoms with van der Waals surface area (Å²) in [6.45, 7) is 5.84. The number of piperidine rings is 1. The highest BCUT2D eigenvalue weighted by Crippen LogP contribution is 2.28. The minimum Gasteiger partial charge on any atom is -0.393 e. The fourth-order valence-electron chi connectivity index (χ4n) is 4.26. The third kappa shape index (κ3) is 4.79. The Balaban J connectivity index is 1.58. The Kier molecular flexibility index (Phi) is 6.43. The minimum atomic E-state index is -0.200. The van der Waals surface area contributed by atoms with Crippen molar-refractivity contribution in [1.29, 1.82) is 0 Å². The number of likely N-dealkylation sites (N-methyl/N-ethyl adjacent to an activating group) is 1. The van der Waals surface area contributed by atoms with Gasteiger partial charge in [-0.15, -0.1) is 0 Å². The second-order valence-electron chi connectivity index (χ2n) is 7.50. The summed E-state index contributed by atoms with van der Waals surface area (Å²) in [6, 6.07) is 4.58. The summed E-state index contributed by atoms with van der Waals surface area (Å²) in [5.41, 5.74) is 1.28. The van der Waals surface area contributed by atoms with Crippen LogP contribution in [0.3, 0.4) is 0 Å². The zero-order valence-corrected chi connectivity index (χ0v) is 15.3. The van der Waals surface area contributed by atoms with Gasteiger partial charge in [-0.3, -0.25) is 14.7 Å². The molecule has 1 N–H and O–H groups in total. The summed E-state index contributed by atoms with van der Waals surface area (Å²) < 4.78 is 0. The third-order valence-corrected chi connectivity index (χ3v) is 5.81. The van der Waals surface area contributed by atoms with E-state index < -0.39 is 0 Å². The first-order valence-electron chi connectivity index (χ1n) is 9.77. The second kappa shape index (κ2) is 8.77. The van der Waals surface area contributed by atoms with E-state index in [1.54, 1.807) is 0 Å². The molecule has 0 bridgehead atoms. The highest BCUT2D eigenvalue weighted by atomic mass is 16.3. The molecule has 1 aliphatic carbocycles. The average molecular weight is 345 g/mol. The van der Waals surface area contributed by atoms with Crippen molar-refractivity contribution in [3.05, 3.63) is 30.1 Å². The van der Waals surface area contributed by atoms with Crippen LogP contribution in [0, 0.1) is 5.92 Å². The molecular formula is C20H31N3O2. The number of aromatic nitrogens is 1. The van der Waals surface area contributed by atoms with Crippen LogP contribution in [0.15, 0.2) is 24.5 Å². The molecule has 1 amide bonds. The van der Waals surface area contributed by atoms with Gasteiger partial charge in [0.1, 0.15) is 0 Å². The van der Waals surface area contributed by atoms with Gasteiger partial charge in [-0.05, 0) is 62.8 Å². The molecule has 2 fully saturated rings. The van der Waals surface area contributed by atoms with E-state index in [2.05, 4.69) is 33.8 Å². The molecule has 3 rings (SSSR count). The van der Waals surface area contributed by atoms with Crippen LogP contribution in [0.4, 0.5) is 0 Å². The molecule has 138 valence electrons.